The van der Waals surface area contributed by atoms with Crippen molar-refractivity contribution in [2.45, 2.75) is 25.4 Å². The first kappa shape index (κ1) is 21.7. The number of hydrogen-bond acceptors (Lipinski definition) is 9. The van der Waals surface area contributed by atoms with Gasteiger partial charge in [-0.25, -0.2) is 0 Å². The summed E-state index contributed by atoms with van der Waals surface area (Å²) in [6.07, 6.45) is 0.510. The Hall–Kier alpha value is -3.14. The van der Waals surface area contributed by atoms with Crippen LogP contribution in [0.3, 0.4) is 0 Å². The topological polar surface area (TPSA) is 76.1 Å². The molecule has 2 unspecified atom stereocenters. The zero-order chi connectivity index (χ0) is 22.6. The van der Waals surface area contributed by atoms with E-state index < -0.39 is 6.23 Å². The second-order valence-electron chi connectivity index (χ2n) is 8.12. The Kier molecular flexibility index (Phi) is 6.43. The molecular formula is C24H28N4O5. The van der Waals surface area contributed by atoms with E-state index in [2.05, 4.69) is 10.0 Å². The van der Waals surface area contributed by atoms with Gasteiger partial charge in [-0.1, -0.05) is 24.3 Å². The number of hydrazone groups is 1. The Morgan fingerprint density at radius 3 is 2.64 bits per heavy atom. The average Bonchev–Trinajstić information content (AvgIpc) is 3.27. The highest BCUT2D eigenvalue weighted by Crippen LogP contribution is 2.32. The Labute approximate surface area is 193 Å². The van der Waals surface area contributed by atoms with E-state index in [0.29, 0.717) is 11.6 Å². The van der Waals surface area contributed by atoms with E-state index in [4.69, 9.17) is 18.9 Å². The molecule has 0 amide bonds. The number of morpholine rings is 1. The summed E-state index contributed by atoms with van der Waals surface area (Å²) in [5.74, 6) is 1.93. The van der Waals surface area contributed by atoms with Crippen LogP contribution in [0.4, 0.5) is 0 Å². The van der Waals surface area contributed by atoms with Gasteiger partial charge in [-0.3, -0.25) is 9.69 Å². The number of benzene rings is 2. The highest BCUT2D eigenvalue weighted by Gasteiger charge is 2.42. The normalized spacial score (nSPS) is 23.4. The predicted octanol–water partition coefficient (Wildman–Crippen LogP) is 2.07. The van der Waals surface area contributed by atoms with Crippen molar-refractivity contribution in [3.63, 3.8) is 0 Å². The minimum absolute atomic E-state index is 0.246. The second kappa shape index (κ2) is 9.78. The molecule has 0 radical (unpaired) electrons. The van der Waals surface area contributed by atoms with Gasteiger partial charge in [0.25, 0.3) is 6.23 Å². The van der Waals surface area contributed by atoms with Crippen molar-refractivity contribution >= 4 is 12.2 Å². The maximum absolute atomic E-state index is 11.7. The lowest BCUT2D eigenvalue weighted by Crippen LogP contribution is -2.60. The first-order valence-corrected chi connectivity index (χ1v) is 11.2. The van der Waals surface area contributed by atoms with Gasteiger partial charge in [0.2, 0.25) is 5.90 Å². The molecule has 5 rings (SSSR count). The summed E-state index contributed by atoms with van der Waals surface area (Å²) in [6.45, 7) is 4.89. The molecule has 9 nitrogen and oxygen atoms in total. The largest absolute Gasteiger partial charge is 0.496 e. The Morgan fingerprint density at radius 1 is 1.12 bits per heavy atom. The Morgan fingerprint density at radius 2 is 1.94 bits per heavy atom. The van der Waals surface area contributed by atoms with Crippen LogP contribution in [0.5, 0.6) is 11.5 Å². The van der Waals surface area contributed by atoms with Gasteiger partial charge in [-0.15, -0.1) is 5.10 Å². The monoisotopic (exact) mass is 452 g/mol. The van der Waals surface area contributed by atoms with Crippen molar-refractivity contribution < 1.29 is 23.7 Å². The van der Waals surface area contributed by atoms with Gasteiger partial charge in [0.15, 0.2) is 12.5 Å². The van der Waals surface area contributed by atoms with E-state index in [-0.39, 0.29) is 6.23 Å². The van der Waals surface area contributed by atoms with Crippen molar-refractivity contribution in [1.82, 2.24) is 15.0 Å². The molecule has 0 aromatic heterocycles. The highest BCUT2D eigenvalue weighted by molar-refractivity contribution is 5.95. The summed E-state index contributed by atoms with van der Waals surface area (Å²) in [5.41, 5.74) is 1.94. The van der Waals surface area contributed by atoms with Gasteiger partial charge in [0.1, 0.15) is 11.5 Å². The van der Waals surface area contributed by atoms with Gasteiger partial charge in [-0.2, -0.15) is 10.1 Å². The molecule has 0 spiro atoms. The van der Waals surface area contributed by atoms with Crippen LogP contribution in [0.15, 0.2) is 53.6 Å². The van der Waals surface area contributed by atoms with Crippen LogP contribution in [-0.4, -0.2) is 79.6 Å². The van der Waals surface area contributed by atoms with Crippen molar-refractivity contribution in [1.29, 1.82) is 0 Å². The molecule has 2 saturated heterocycles. The molecule has 3 heterocycles. The summed E-state index contributed by atoms with van der Waals surface area (Å²) in [4.78, 5) is 14.0. The predicted molar refractivity (Wildman–Crippen MR) is 121 cm³/mol. The fraction of sp³-hybridized carbons (Fsp3) is 0.417. The van der Waals surface area contributed by atoms with E-state index in [1.54, 1.807) is 12.2 Å². The third kappa shape index (κ3) is 4.66. The molecule has 0 aliphatic carbocycles. The SMILES string of the molecule is COc1cc(OC2CCN2N2N=C(c3ccccc3)OC2C=O)ccc1CN1CCOCC1. The van der Waals surface area contributed by atoms with Crippen LogP contribution >= 0.6 is 0 Å². The highest BCUT2D eigenvalue weighted by atomic mass is 16.6. The number of nitrogens with zero attached hydrogens (tertiary/aromatic N) is 4. The van der Waals surface area contributed by atoms with Gasteiger partial charge < -0.3 is 18.9 Å². The molecule has 0 bridgehead atoms. The molecule has 2 aromatic rings. The zero-order valence-corrected chi connectivity index (χ0v) is 18.6. The number of hydrazine groups is 1. The Balaban J connectivity index is 1.27. The van der Waals surface area contributed by atoms with E-state index in [9.17, 15) is 4.79 Å². The minimum Gasteiger partial charge on any atom is -0.496 e. The molecule has 0 N–H and O–H groups in total. The van der Waals surface area contributed by atoms with Crippen molar-refractivity contribution in [2.75, 3.05) is 40.0 Å². The summed E-state index contributed by atoms with van der Waals surface area (Å²) in [7, 11) is 1.67. The smallest absolute Gasteiger partial charge is 0.260 e. The second-order valence-corrected chi connectivity index (χ2v) is 8.12. The number of aldehydes is 1. The van der Waals surface area contributed by atoms with E-state index >= 15 is 0 Å². The fourth-order valence-electron chi connectivity index (χ4n) is 4.12. The number of rotatable bonds is 8. The van der Waals surface area contributed by atoms with Crippen LogP contribution in [0, 0.1) is 0 Å². The Bertz CT molecular complexity index is 996. The molecule has 2 fully saturated rings. The summed E-state index contributed by atoms with van der Waals surface area (Å²) in [5, 5.41) is 8.02. The van der Waals surface area contributed by atoms with Crippen LogP contribution in [0.25, 0.3) is 0 Å². The van der Waals surface area contributed by atoms with Crippen LogP contribution in [0.2, 0.25) is 0 Å². The van der Waals surface area contributed by atoms with Crippen LogP contribution in [0.1, 0.15) is 17.5 Å². The van der Waals surface area contributed by atoms with Crippen LogP contribution in [-0.2, 0) is 20.8 Å². The lowest BCUT2D eigenvalue weighted by Gasteiger charge is -2.44. The van der Waals surface area contributed by atoms with Gasteiger partial charge >= 0.3 is 0 Å². The van der Waals surface area contributed by atoms with Crippen molar-refractivity contribution in [2.24, 2.45) is 5.10 Å². The molecule has 0 saturated carbocycles. The van der Waals surface area contributed by atoms with Gasteiger partial charge in [-0.05, 0) is 18.2 Å². The average molecular weight is 453 g/mol. The summed E-state index contributed by atoms with van der Waals surface area (Å²) in [6, 6.07) is 15.5. The third-order valence-corrected chi connectivity index (χ3v) is 6.02. The standard InChI is InChI=1S/C24H28N4O5/c1-30-21-15-20(8-7-19(21)16-26-11-13-31-14-12-26)32-22-9-10-27(22)28-23(17-29)33-24(25-28)18-5-3-2-4-6-18/h2-8,15,17,22-23H,9-14,16H2,1H3. The fourth-order valence-corrected chi connectivity index (χ4v) is 4.12. The molecule has 174 valence electrons. The molecule has 2 aromatic carbocycles. The number of carbonyl (C=O) groups is 1. The first-order chi connectivity index (χ1) is 16.2. The lowest BCUT2D eigenvalue weighted by molar-refractivity contribution is -0.218. The molecular weight excluding hydrogens is 424 g/mol. The van der Waals surface area contributed by atoms with Gasteiger partial charge in [0.05, 0.1) is 20.3 Å². The number of methoxy groups -OCH3 is 1. The van der Waals surface area contributed by atoms with E-state index in [0.717, 1.165) is 69.0 Å². The minimum atomic E-state index is -0.808. The number of hydrogen-bond donors (Lipinski definition) is 0. The van der Waals surface area contributed by atoms with Gasteiger partial charge in [0, 0.05) is 49.8 Å². The molecule has 3 aliphatic heterocycles. The third-order valence-electron chi connectivity index (χ3n) is 6.02. The van der Waals surface area contributed by atoms with Crippen molar-refractivity contribution in [3.05, 3.63) is 59.7 Å². The van der Waals surface area contributed by atoms with E-state index in [1.807, 2.05) is 53.5 Å². The van der Waals surface area contributed by atoms with Crippen LogP contribution < -0.4 is 9.47 Å². The molecule has 33 heavy (non-hydrogen) atoms. The maximum Gasteiger partial charge on any atom is 0.260 e. The van der Waals surface area contributed by atoms with E-state index in [1.165, 1.54) is 0 Å². The lowest BCUT2D eigenvalue weighted by atomic mass is 10.1. The summed E-state index contributed by atoms with van der Waals surface area (Å²) < 4.78 is 23.1. The molecule has 9 heteroatoms. The molecule has 3 aliphatic rings. The number of carbonyl (C=O) groups excluding carboxylic acids is 1. The van der Waals surface area contributed by atoms with Crippen molar-refractivity contribution in [3.8, 4) is 11.5 Å². The number of ether oxygens (including phenoxy) is 4. The molecule has 2 atom stereocenters. The summed E-state index contributed by atoms with van der Waals surface area (Å²) >= 11 is 0. The quantitative estimate of drug-likeness (QED) is 0.564. The first-order valence-electron chi connectivity index (χ1n) is 11.2. The zero-order valence-electron chi connectivity index (χ0n) is 18.6. The maximum atomic E-state index is 11.7.